The zero-order chi connectivity index (χ0) is 13.8. The van der Waals surface area contributed by atoms with Crippen LogP contribution < -0.4 is 4.74 Å². The fourth-order valence-electron chi connectivity index (χ4n) is 2.20. The molecule has 1 amide bonds. The molecule has 0 saturated carbocycles. The van der Waals surface area contributed by atoms with Crippen molar-refractivity contribution in [2.24, 2.45) is 0 Å². The number of hydrogen-bond donors (Lipinski definition) is 0. The van der Waals surface area contributed by atoms with Gasteiger partial charge in [0.1, 0.15) is 6.10 Å². The molecule has 1 atom stereocenters. The molecule has 0 N–H and O–H groups in total. The second kappa shape index (κ2) is 5.64. The van der Waals surface area contributed by atoms with E-state index in [0.717, 1.165) is 6.42 Å². The minimum atomic E-state index is -0.0349. The SMILES string of the molecule is O=C(c1cccnc1)N1CC[C@@H](Oc2cnccn2)C1. The number of carbonyl (C=O) groups is 1. The van der Waals surface area contributed by atoms with E-state index in [1.807, 2.05) is 0 Å². The van der Waals surface area contributed by atoms with E-state index in [-0.39, 0.29) is 12.0 Å². The Morgan fingerprint density at radius 1 is 1.25 bits per heavy atom. The van der Waals surface area contributed by atoms with Crippen molar-refractivity contribution in [2.75, 3.05) is 13.1 Å². The average Bonchev–Trinajstić information content (AvgIpc) is 2.97. The summed E-state index contributed by atoms with van der Waals surface area (Å²) in [5.74, 6) is 0.483. The van der Waals surface area contributed by atoms with E-state index >= 15 is 0 Å². The standard InChI is InChI=1S/C14H14N4O2/c19-14(11-2-1-4-15-8-11)18-7-3-12(10-18)20-13-9-16-5-6-17-13/h1-2,4-6,8-9,12H,3,7,10H2/t12-/m1/s1. The van der Waals surface area contributed by atoms with Crippen LogP contribution in [0, 0.1) is 0 Å². The van der Waals surface area contributed by atoms with E-state index in [0.29, 0.717) is 24.5 Å². The van der Waals surface area contributed by atoms with Gasteiger partial charge >= 0.3 is 0 Å². The molecular weight excluding hydrogens is 256 g/mol. The highest BCUT2D eigenvalue weighted by Crippen LogP contribution is 2.17. The number of carbonyl (C=O) groups excluding carboxylic acids is 1. The summed E-state index contributed by atoms with van der Waals surface area (Å²) < 4.78 is 5.71. The topological polar surface area (TPSA) is 68.2 Å². The maximum absolute atomic E-state index is 12.2. The molecule has 0 unspecified atom stereocenters. The summed E-state index contributed by atoms with van der Waals surface area (Å²) in [6.07, 6.45) is 8.75. The summed E-state index contributed by atoms with van der Waals surface area (Å²) in [5.41, 5.74) is 0.604. The van der Waals surface area contributed by atoms with Gasteiger partial charge < -0.3 is 9.64 Å². The van der Waals surface area contributed by atoms with Crippen molar-refractivity contribution < 1.29 is 9.53 Å². The summed E-state index contributed by atoms with van der Waals surface area (Å²) in [5, 5.41) is 0. The zero-order valence-corrected chi connectivity index (χ0v) is 10.8. The molecule has 102 valence electrons. The average molecular weight is 270 g/mol. The molecule has 1 fully saturated rings. The van der Waals surface area contributed by atoms with Gasteiger partial charge in [-0.2, -0.15) is 0 Å². The van der Waals surface area contributed by atoms with Crippen LogP contribution in [-0.2, 0) is 0 Å². The Kier molecular flexibility index (Phi) is 3.54. The van der Waals surface area contributed by atoms with Crippen molar-refractivity contribution in [3.8, 4) is 5.88 Å². The summed E-state index contributed by atoms with van der Waals surface area (Å²) in [6, 6.07) is 3.53. The molecule has 0 aromatic carbocycles. The first-order valence-corrected chi connectivity index (χ1v) is 6.45. The van der Waals surface area contributed by atoms with E-state index in [1.54, 1.807) is 48.0 Å². The highest BCUT2D eigenvalue weighted by molar-refractivity contribution is 5.94. The molecule has 1 aliphatic heterocycles. The molecule has 2 aromatic heterocycles. The molecule has 0 aliphatic carbocycles. The monoisotopic (exact) mass is 270 g/mol. The molecule has 2 aromatic rings. The predicted molar refractivity (Wildman–Crippen MR) is 71.2 cm³/mol. The molecule has 1 aliphatic rings. The van der Waals surface area contributed by atoms with Crippen LogP contribution in [0.1, 0.15) is 16.8 Å². The molecule has 3 rings (SSSR count). The molecule has 6 nitrogen and oxygen atoms in total. The highest BCUT2D eigenvalue weighted by Gasteiger charge is 2.28. The van der Waals surface area contributed by atoms with Crippen LogP contribution in [0.3, 0.4) is 0 Å². The molecule has 20 heavy (non-hydrogen) atoms. The van der Waals surface area contributed by atoms with Crippen molar-refractivity contribution in [1.82, 2.24) is 19.9 Å². The first-order chi connectivity index (χ1) is 9.83. The fourth-order valence-corrected chi connectivity index (χ4v) is 2.20. The Balaban J connectivity index is 1.61. The fraction of sp³-hybridized carbons (Fsp3) is 0.286. The highest BCUT2D eigenvalue weighted by atomic mass is 16.5. The van der Waals surface area contributed by atoms with Gasteiger partial charge in [-0.3, -0.25) is 14.8 Å². The lowest BCUT2D eigenvalue weighted by molar-refractivity contribution is 0.0770. The molecule has 1 saturated heterocycles. The summed E-state index contributed by atoms with van der Waals surface area (Å²) in [6.45, 7) is 1.24. The molecule has 6 heteroatoms. The largest absolute Gasteiger partial charge is 0.471 e. The van der Waals surface area contributed by atoms with Gasteiger partial charge in [0.2, 0.25) is 5.88 Å². The Labute approximate surface area is 116 Å². The number of aromatic nitrogens is 3. The third-order valence-corrected chi connectivity index (χ3v) is 3.17. The minimum absolute atomic E-state index is 0.0108. The van der Waals surface area contributed by atoms with Crippen LogP contribution in [0.4, 0.5) is 0 Å². The number of likely N-dealkylation sites (tertiary alicyclic amines) is 1. The van der Waals surface area contributed by atoms with Crippen LogP contribution in [0.15, 0.2) is 43.1 Å². The third kappa shape index (κ3) is 2.74. The Bertz CT molecular complexity index is 576. The van der Waals surface area contributed by atoms with E-state index in [2.05, 4.69) is 15.0 Å². The normalized spacial score (nSPS) is 18.0. The number of nitrogens with zero attached hydrogens (tertiary/aromatic N) is 4. The number of ether oxygens (including phenoxy) is 1. The van der Waals surface area contributed by atoms with Crippen molar-refractivity contribution >= 4 is 5.91 Å². The lowest BCUT2D eigenvalue weighted by Gasteiger charge is -2.16. The molecular formula is C14H14N4O2. The van der Waals surface area contributed by atoms with Crippen LogP contribution in [0.2, 0.25) is 0 Å². The quantitative estimate of drug-likeness (QED) is 0.837. The maximum Gasteiger partial charge on any atom is 0.255 e. The van der Waals surface area contributed by atoms with Gasteiger partial charge in [0.25, 0.3) is 5.91 Å². The van der Waals surface area contributed by atoms with Gasteiger partial charge in [-0.05, 0) is 12.1 Å². The Morgan fingerprint density at radius 3 is 2.90 bits per heavy atom. The van der Waals surface area contributed by atoms with Crippen LogP contribution >= 0.6 is 0 Å². The van der Waals surface area contributed by atoms with Crippen LogP contribution in [0.25, 0.3) is 0 Å². The second-order valence-electron chi connectivity index (χ2n) is 4.57. The second-order valence-corrected chi connectivity index (χ2v) is 4.57. The first kappa shape index (κ1) is 12.5. The molecule has 0 spiro atoms. The molecule has 0 radical (unpaired) electrons. The van der Waals surface area contributed by atoms with Gasteiger partial charge in [-0.1, -0.05) is 0 Å². The number of amides is 1. The van der Waals surface area contributed by atoms with E-state index in [9.17, 15) is 4.79 Å². The summed E-state index contributed by atoms with van der Waals surface area (Å²) in [4.78, 5) is 26.0. The van der Waals surface area contributed by atoms with E-state index < -0.39 is 0 Å². The number of hydrogen-bond acceptors (Lipinski definition) is 5. The first-order valence-electron chi connectivity index (χ1n) is 6.45. The van der Waals surface area contributed by atoms with Gasteiger partial charge in [0.05, 0.1) is 18.3 Å². The summed E-state index contributed by atoms with van der Waals surface area (Å²) in [7, 11) is 0. The van der Waals surface area contributed by atoms with Crippen molar-refractivity contribution in [2.45, 2.75) is 12.5 Å². The Hall–Kier alpha value is -2.50. The minimum Gasteiger partial charge on any atom is -0.471 e. The van der Waals surface area contributed by atoms with Crippen LogP contribution in [-0.4, -0.2) is 45.0 Å². The Morgan fingerprint density at radius 2 is 2.15 bits per heavy atom. The van der Waals surface area contributed by atoms with E-state index in [1.165, 1.54) is 0 Å². The van der Waals surface area contributed by atoms with Gasteiger partial charge in [-0.25, -0.2) is 4.98 Å². The number of rotatable bonds is 3. The summed E-state index contributed by atoms with van der Waals surface area (Å²) >= 11 is 0. The number of pyridine rings is 1. The lowest BCUT2D eigenvalue weighted by atomic mass is 10.2. The third-order valence-electron chi connectivity index (χ3n) is 3.17. The van der Waals surface area contributed by atoms with Crippen LogP contribution in [0.5, 0.6) is 5.88 Å². The molecule has 0 bridgehead atoms. The van der Waals surface area contributed by atoms with Crippen molar-refractivity contribution in [3.63, 3.8) is 0 Å². The van der Waals surface area contributed by atoms with Crippen molar-refractivity contribution in [1.29, 1.82) is 0 Å². The van der Waals surface area contributed by atoms with Gasteiger partial charge in [-0.15, -0.1) is 0 Å². The van der Waals surface area contributed by atoms with Gasteiger partial charge in [0.15, 0.2) is 0 Å². The van der Waals surface area contributed by atoms with E-state index in [4.69, 9.17) is 4.74 Å². The smallest absolute Gasteiger partial charge is 0.255 e. The maximum atomic E-state index is 12.2. The van der Waals surface area contributed by atoms with Gasteiger partial charge in [0, 0.05) is 37.8 Å². The lowest BCUT2D eigenvalue weighted by Crippen LogP contribution is -2.31. The van der Waals surface area contributed by atoms with Crippen molar-refractivity contribution in [3.05, 3.63) is 48.7 Å². The predicted octanol–water partition coefficient (Wildman–Crippen LogP) is 1.17. The molecule has 3 heterocycles. The zero-order valence-electron chi connectivity index (χ0n) is 10.8.